The number of amides is 1. The van der Waals surface area contributed by atoms with Gasteiger partial charge in [0.25, 0.3) is 5.91 Å². The summed E-state index contributed by atoms with van der Waals surface area (Å²) in [7, 11) is 0. The molecule has 0 spiro atoms. The van der Waals surface area contributed by atoms with Gasteiger partial charge in [-0.25, -0.2) is 4.98 Å². The Morgan fingerprint density at radius 2 is 2.08 bits per heavy atom. The van der Waals surface area contributed by atoms with Crippen molar-refractivity contribution >= 4 is 22.6 Å². The largest absolute Gasteiger partial charge is 0.460 e. The number of hydrogen-bond acceptors (Lipinski definition) is 5. The standard InChI is InChI=1S/C20H28N4O2/c1-4-23(5-2)17-12-26-18-11-21-16(10-15(17)18)20(25)22-19-13(3)24-8-6-14(19)7-9-24/h10-14,19H,4-9H2,1-3H3,(H,22,25). The molecule has 6 heteroatoms. The number of hydrogen-bond donors (Lipinski definition) is 1. The number of nitrogens with zero attached hydrogens (tertiary/aromatic N) is 3. The Balaban J connectivity index is 1.58. The van der Waals surface area contributed by atoms with Gasteiger partial charge in [0.15, 0.2) is 5.58 Å². The van der Waals surface area contributed by atoms with Crippen LogP contribution in [0.15, 0.2) is 22.9 Å². The van der Waals surface area contributed by atoms with E-state index in [2.05, 4.69) is 40.9 Å². The number of piperidine rings is 3. The monoisotopic (exact) mass is 356 g/mol. The highest BCUT2D eigenvalue weighted by molar-refractivity contribution is 5.99. The minimum atomic E-state index is -0.0794. The molecule has 140 valence electrons. The van der Waals surface area contributed by atoms with E-state index < -0.39 is 0 Å². The van der Waals surface area contributed by atoms with Crippen molar-refractivity contribution < 1.29 is 9.21 Å². The number of rotatable bonds is 5. The van der Waals surface area contributed by atoms with E-state index in [0.29, 0.717) is 17.7 Å². The Kier molecular flexibility index (Phi) is 4.61. The Labute approximate surface area is 154 Å². The fourth-order valence-electron chi connectivity index (χ4n) is 4.62. The summed E-state index contributed by atoms with van der Waals surface area (Å²) in [5.74, 6) is 0.507. The molecule has 0 saturated carbocycles. The van der Waals surface area contributed by atoms with E-state index in [1.165, 1.54) is 12.8 Å². The first-order chi connectivity index (χ1) is 12.6. The van der Waals surface area contributed by atoms with Gasteiger partial charge in [-0.05, 0) is 58.7 Å². The molecule has 3 fully saturated rings. The minimum absolute atomic E-state index is 0.0794. The van der Waals surface area contributed by atoms with Crippen LogP contribution in [0.4, 0.5) is 5.69 Å². The minimum Gasteiger partial charge on any atom is -0.460 e. The SMILES string of the molecule is CCN(CC)c1coc2cnc(C(=O)NC3C4CCN(CC4)C3C)cc12. The summed E-state index contributed by atoms with van der Waals surface area (Å²) in [5, 5.41) is 4.22. The third kappa shape index (κ3) is 2.86. The van der Waals surface area contributed by atoms with E-state index >= 15 is 0 Å². The van der Waals surface area contributed by atoms with E-state index in [9.17, 15) is 4.79 Å². The molecule has 5 heterocycles. The third-order valence-electron chi connectivity index (χ3n) is 6.25. The number of furan rings is 1. The van der Waals surface area contributed by atoms with Crippen molar-refractivity contribution in [2.45, 2.75) is 45.7 Å². The van der Waals surface area contributed by atoms with Crippen molar-refractivity contribution in [1.82, 2.24) is 15.2 Å². The number of nitrogens with one attached hydrogen (secondary N) is 1. The molecule has 3 aliphatic heterocycles. The lowest BCUT2D eigenvalue weighted by Gasteiger charge is -2.49. The van der Waals surface area contributed by atoms with Gasteiger partial charge in [-0.2, -0.15) is 0 Å². The highest BCUT2D eigenvalue weighted by Crippen LogP contribution is 2.33. The molecule has 0 aromatic carbocycles. The Bertz CT molecular complexity index is 788. The first-order valence-corrected chi connectivity index (χ1v) is 9.79. The Morgan fingerprint density at radius 3 is 2.73 bits per heavy atom. The predicted molar refractivity (Wildman–Crippen MR) is 103 cm³/mol. The fourth-order valence-corrected chi connectivity index (χ4v) is 4.62. The van der Waals surface area contributed by atoms with Crippen LogP contribution in [0.5, 0.6) is 0 Å². The molecule has 2 bridgehead atoms. The highest BCUT2D eigenvalue weighted by Gasteiger charge is 2.40. The Morgan fingerprint density at radius 1 is 1.35 bits per heavy atom. The van der Waals surface area contributed by atoms with Crippen molar-refractivity contribution in [3.8, 4) is 0 Å². The van der Waals surface area contributed by atoms with Gasteiger partial charge in [-0.1, -0.05) is 0 Å². The summed E-state index contributed by atoms with van der Waals surface area (Å²) in [5.41, 5.74) is 2.22. The first kappa shape index (κ1) is 17.3. The normalized spacial score (nSPS) is 27.7. The maximum atomic E-state index is 12.9. The summed E-state index contributed by atoms with van der Waals surface area (Å²) >= 11 is 0. The number of aromatic nitrogens is 1. The maximum Gasteiger partial charge on any atom is 0.270 e. The molecular formula is C20H28N4O2. The molecule has 2 aromatic heterocycles. The van der Waals surface area contributed by atoms with Crippen molar-refractivity contribution in [2.24, 2.45) is 5.92 Å². The second-order valence-electron chi connectivity index (χ2n) is 7.47. The fraction of sp³-hybridized carbons (Fsp3) is 0.600. The van der Waals surface area contributed by atoms with Gasteiger partial charge < -0.3 is 14.6 Å². The zero-order chi connectivity index (χ0) is 18.3. The van der Waals surface area contributed by atoms with Crippen molar-refractivity contribution in [1.29, 1.82) is 0 Å². The molecule has 1 amide bonds. The molecular weight excluding hydrogens is 328 g/mol. The van der Waals surface area contributed by atoms with Gasteiger partial charge in [0, 0.05) is 30.6 Å². The third-order valence-corrected chi connectivity index (χ3v) is 6.25. The zero-order valence-electron chi connectivity index (χ0n) is 15.9. The van der Waals surface area contributed by atoms with Crippen LogP contribution in [0.2, 0.25) is 0 Å². The average molecular weight is 356 g/mol. The lowest BCUT2D eigenvalue weighted by molar-refractivity contribution is 0.0216. The summed E-state index contributed by atoms with van der Waals surface area (Å²) in [6.07, 6.45) is 5.78. The highest BCUT2D eigenvalue weighted by atomic mass is 16.3. The molecule has 2 unspecified atom stereocenters. The number of carbonyl (C=O) groups excluding carboxylic acids is 1. The second kappa shape index (κ2) is 6.91. The maximum absolute atomic E-state index is 12.9. The van der Waals surface area contributed by atoms with E-state index in [0.717, 1.165) is 42.8 Å². The predicted octanol–water partition coefficient (Wildman–Crippen LogP) is 2.89. The second-order valence-corrected chi connectivity index (χ2v) is 7.47. The van der Waals surface area contributed by atoms with Crippen molar-refractivity contribution in [2.75, 3.05) is 31.1 Å². The van der Waals surface area contributed by atoms with E-state index in [4.69, 9.17) is 4.42 Å². The molecule has 6 nitrogen and oxygen atoms in total. The summed E-state index contributed by atoms with van der Waals surface area (Å²) in [6, 6.07) is 2.48. The van der Waals surface area contributed by atoms with Crippen molar-refractivity contribution in [3.05, 3.63) is 24.2 Å². The van der Waals surface area contributed by atoms with Crippen LogP contribution in [-0.2, 0) is 0 Å². The van der Waals surface area contributed by atoms with Crippen LogP contribution in [0.1, 0.15) is 44.1 Å². The quantitative estimate of drug-likeness (QED) is 0.893. The van der Waals surface area contributed by atoms with Crippen LogP contribution in [0, 0.1) is 5.92 Å². The van der Waals surface area contributed by atoms with Crippen LogP contribution >= 0.6 is 0 Å². The van der Waals surface area contributed by atoms with Crippen LogP contribution in [0.3, 0.4) is 0 Å². The molecule has 0 radical (unpaired) electrons. The summed E-state index contributed by atoms with van der Waals surface area (Å²) < 4.78 is 5.63. The lowest BCUT2D eigenvalue weighted by atomic mass is 9.79. The van der Waals surface area contributed by atoms with Crippen molar-refractivity contribution in [3.63, 3.8) is 0 Å². The molecule has 3 saturated heterocycles. The summed E-state index contributed by atoms with van der Waals surface area (Å²) in [4.78, 5) is 21.9. The molecule has 0 aliphatic carbocycles. The van der Waals surface area contributed by atoms with Gasteiger partial charge >= 0.3 is 0 Å². The molecule has 3 aliphatic rings. The first-order valence-electron chi connectivity index (χ1n) is 9.79. The van der Waals surface area contributed by atoms with Gasteiger partial charge in [0.2, 0.25) is 0 Å². The van der Waals surface area contributed by atoms with Crippen LogP contribution in [0.25, 0.3) is 11.0 Å². The average Bonchev–Trinajstić information content (AvgIpc) is 3.09. The summed E-state index contributed by atoms with van der Waals surface area (Å²) in [6.45, 7) is 10.6. The van der Waals surface area contributed by atoms with E-state index in [-0.39, 0.29) is 11.9 Å². The Hall–Kier alpha value is -2.08. The van der Waals surface area contributed by atoms with Crippen LogP contribution < -0.4 is 10.2 Å². The van der Waals surface area contributed by atoms with E-state index in [1.54, 1.807) is 12.5 Å². The van der Waals surface area contributed by atoms with Gasteiger partial charge in [-0.3, -0.25) is 9.69 Å². The molecule has 2 atom stereocenters. The van der Waals surface area contributed by atoms with E-state index in [1.807, 2.05) is 6.07 Å². The molecule has 26 heavy (non-hydrogen) atoms. The number of pyridine rings is 1. The number of anilines is 1. The molecule has 2 aromatic rings. The smallest absolute Gasteiger partial charge is 0.270 e. The number of fused-ring (bicyclic) bond motifs is 4. The molecule has 5 rings (SSSR count). The van der Waals surface area contributed by atoms with Crippen LogP contribution in [-0.4, -0.2) is 54.1 Å². The van der Waals surface area contributed by atoms with Gasteiger partial charge in [0.05, 0.1) is 11.9 Å². The molecule has 1 N–H and O–H groups in total. The number of carbonyl (C=O) groups is 1. The lowest BCUT2D eigenvalue weighted by Crippen LogP contribution is -2.62. The topological polar surface area (TPSA) is 61.6 Å². The van der Waals surface area contributed by atoms with Gasteiger partial charge in [-0.15, -0.1) is 0 Å². The zero-order valence-corrected chi connectivity index (χ0v) is 15.9. The van der Waals surface area contributed by atoms with Gasteiger partial charge in [0.1, 0.15) is 12.0 Å².